The Morgan fingerprint density at radius 3 is 2.32 bits per heavy atom. The number of pyridine rings is 1. The Hall–Kier alpha value is -2.49. The van der Waals surface area contributed by atoms with Crippen molar-refractivity contribution in [2.75, 3.05) is 0 Å². The maximum Gasteiger partial charge on any atom is 0.336 e. The minimum atomic E-state index is -1.11. The highest BCUT2D eigenvalue weighted by Gasteiger charge is 2.17. The average Bonchev–Trinajstić information content (AvgIpc) is 2.46. The molecule has 1 N–H and O–H groups in total. The molecule has 0 aliphatic carbocycles. The van der Waals surface area contributed by atoms with Gasteiger partial charge in [0.1, 0.15) is 0 Å². The fourth-order valence-corrected chi connectivity index (χ4v) is 1.79. The van der Waals surface area contributed by atoms with E-state index in [-0.39, 0.29) is 16.9 Å². The summed E-state index contributed by atoms with van der Waals surface area (Å²) in [6.45, 7) is 1.98. The minimum absolute atomic E-state index is 0.00654. The number of carbonyl (C=O) groups is 2. The molecule has 0 atom stereocenters. The SMILES string of the molecule is CCc1ccc(C(=O)c2ccccc2C(=O)O)cn1. The molecule has 0 radical (unpaired) electrons. The van der Waals surface area contributed by atoms with E-state index in [0.717, 1.165) is 12.1 Å². The highest BCUT2D eigenvalue weighted by atomic mass is 16.4. The fraction of sp³-hybridized carbons (Fsp3) is 0.133. The molecule has 4 nitrogen and oxygen atoms in total. The molecule has 96 valence electrons. The van der Waals surface area contributed by atoms with Crippen LogP contribution in [0.25, 0.3) is 0 Å². The van der Waals surface area contributed by atoms with E-state index in [9.17, 15) is 9.59 Å². The van der Waals surface area contributed by atoms with Gasteiger partial charge in [-0.15, -0.1) is 0 Å². The highest BCUT2D eigenvalue weighted by Crippen LogP contribution is 2.14. The summed E-state index contributed by atoms with van der Waals surface area (Å²) in [5, 5.41) is 9.08. The van der Waals surface area contributed by atoms with Crippen molar-refractivity contribution in [1.82, 2.24) is 4.98 Å². The largest absolute Gasteiger partial charge is 0.478 e. The van der Waals surface area contributed by atoms with E-state index in [0.29, 0.717) is 5.56 Å². The Balaban J connectivity index is 2.41. The third-order valence-corrected chi connectivity index (χ3v) is 2.85. The molecule has 0 saturated heterocycles. The summed E-state index contributed by atoms with van der Waals surface area (Å²) in [5.41, 5.74) is 1.47. The number of carboxylic acid groups (broad SMARTS) is 1. The van der Waals surface area contributed by atoms with Crippen LogP contribution in [0.15, 0.2) is 42.6 Å². The quantitative estimate of drug-likeness (QED) is 0.852. The van der Waals surface area contributed by atoms with Crippen LogP contribution in [0.4, 0.5) is 0 Å². The number of nitrogens with zero attached hydrogens (tertiary/aromatic N) is 1. The number of aromatic carboxylic acids is 1. The molecule has 1 aromatic carbocycles. The highest BCUT2D eigenvalue weighted by molar-refractivity contribution is 6.14. The van der Waals surface area contributed by atoms with Gasteiger partial charge in [-0.1, -0.05) is 25.1 Å². The number of benzene rings is 1. The van der Waals surface area contributed by atoms with Crippen molar-refractivity contribution in [2.24, 2.45) is 0 Å². The van der Waals surface area contributed by atoms with Gasteiger partial charge in [-0.05, 0) is 24.6 Å². The predicted molar refractivity (Wildman–Crippen MR) is 70.4 cm³/mol. The summed E-state index contributed by atoms with van der Waals surface area (Å²) in [6.07, 6.45) is 2.28. The van der Waals surface area contributed by atoms with E-state index >= 15 is 0 Å². The third kappa shape index (κ3) is 2.68. The van der Waals surface area contributed by atoms with Crippen LogP contribution in [0.1, 0.15) is 38.9 Å². The number of aryl methyl sites for hydroxylation is 1. The normalized spacial score (nSPS) is 10.2. The number of hydrogen-bond donors (Lipinski definition) is 1. The van der Waals surface area contributed by atoms with E-state index in [1.807, 2.05) is 6.92 Å². The van der Waals surface area contributed by atoms with Crippen molar-refractivity contribution in [3.05, 3.63) is 65.0 Å². The lowest BCUT2D eigenvalue weighted by Crippen LogP contribution is -2.09. The lowest BCUT2D eigenvalue weighted by molar-refractivity contribution is 0.0693. The molecule has 0 saturated carbocycles. The van der Waals surface area contributed by atoms with Crippen LogP contribution >= 0.6 is 0 Å². The van der Waals surface area contributed by atoms with Crippen LogP contribution in [0.3, 0.4) is 0 Å². The number of ketones is 1. The molecule has 0 fully saturated rings. The molecular weight excluding hydrogens is 242 g/mol. The zero-order valence-electron chi connectivity index (χ0n) is 10.5. The van der Waals surface area contributed by atoms with Crippen LogP contribution in [0, 0.1) is 0 Å². The van der Waals surface area contributed by atoms with Gasteiger partial charge in [0, 0.05) is 23.0 Å². The van der Waals surface area contributed by atoms with Gasteiger partial charge in [-0.2, -0.15) is 0 Å². The number of aromatic nitrogens is 1. The zero-order chi connectivity index (χ0) is 13.8. The summed E-state index contributed by atoms with van der Waals surface area (Å²) in [7, 11) is 0. The fourth-order valence-electron chi connectivity index (χ4n) is 1.79. The summed E-state index contributed by atoms with van der Waals surface area (Å²) in [5.74, 6) is -1.43. The first-order valence-electron chi connectivity index (χ1n) is 5.95. The predicted octanol–water partition coefficient (Wildman–Crippen LogP) is 2.57. The van der Waals surface area contributed by atoms with Gasteiger partial charge in [0.2, 0.25) is 0 Å². The van der Waals surface area contributed by atoms with Gasteiger partial charge in [0.15, 0.2) is 5.78 Å². The molecule has 2 aromatic rings. The van der Waals surface area contributed by atoms with E-state index < -0.39 is 5.97 Å². The third-order valence-electron chi connectivity index (χ3n) is 2.85. The zero-order valence-corrected chi connectivity index (χ0v) is 10.5. The molecule has 0 spiro atoms. The van der Waals surface area contributed by atoms with Crippen molar-refractivity contribution in [3.8, 4) is 0 Å². The molecule has 0 aliphatic rings. The van der Waals surface area contributed by atoms with Crippen molar-refractivity contribution in [2.45, 2.75) is 13.3 Å². The Labute approximate surface area is 110 Å². The van der Waals surface area contributed by atoms with E-state index in [1.165, 1.54) is 18.3 Å². The Morgan fingerprint density at radius 1 is 1.11 bits per heavy atom. The number of rotatable bonds is 4. The molecule has 1 aromatic heterocycles. The second-order valence-electron chi connectivity index (χ2n) is 4.07. The van der Waals surface area contributed by atoms with Crippen LogP contribution in [0.2, 0.25) is 0 Å². The Morgan fingerprint density at radius 2 is 1.79 bits per heavy atom. The first kappa shape index (κ1) is 13.0. The molecule has 19 heavy (non-hydrogen) atoms. The Kier molecular flexibility index (Phi) is 3.71. The monoisotopic (exact) mass is 255 g/mol. The average molecular weight is 255 g/mol. The topological polar surface area (TPSA) is 67.3 Å². The van der Waals surface area contributed by atoms with Gasteiger partial charge in [0.25, 0.3) is 0 Å². The van der Waals surface area contributed by atoms with E-state index in [4.69, 9.17) is 5.11 Å². The second kappa shape index (κ2) is 5.44. The van der Waals surface area contributed by atoms with Gasteiger partial charge in [0.05, 0.1) is 5.56 Å². The van der Waals surface area contributed by atoms with Crippen LogP contribution in [-0.4, -0.2) is 21.8 Å². The summed E-state index contributed by atoms with van der Waals surface area (Å²) in [4.78, 5) is 27.5. The molecule has 4 heteroatoms. The van der Waals surface area contributed by atoms with Gasteiger partial charge in [-0.3, -0.25) is 9.78 Å². The van der Waals surface area contributed by atoms with Crippen molar-refractivity contribution in [3.63, 3.8) is 0 Å². The lowest BCUT2D eigenvalue weighted by Gasteiger charge is -2.05. The van der Waals surface area contributed by atoms with Crippen LogP contribution < -0.4 is 0 Å². The van der Waals surface area contributed by atoms with Crippen molar-refractivity contribution < 1.29 is 14.7 Å². The Bertz CT molecular complexity index is 618. The molecule has 0 amide bonds. The van der Waals surface area contributed by atoms with Crippen LogP contribution in [-0.2, 0) is 6.42 Å². The summed E-state index contributed by atoms with van der Waals surface area (Å²) >= 11 is 0. The lowest BCUT2D eigenvalue weighted by atomic mass is 9.99. The maximum absolute atomic E-state index is 12.3. The molecule has 0 bridgehead atoms. The maximum atomic E-state index is 12.3. The molecule has 2 rings (SSSR count). The first-order valence-corrected chi connectivity index (χ1v) is 5.95. The number of carboxylic acids is 1. The number of hydrogen-bond acceptors (Lipinski definition) is 3. The van der Waals surface area contributed by atoms with Gasteiger partial charge >= 0.3 is 5.97 Å². The molecular formula is C15H13NO3. The second-order valence-corrected chi connectivity index (χ2v) is 4.07. The number of carbonyl (C=O) groups excluding carboxylic acids is 1. The van der Waals surface area contributed by atoms with E-state index in [1.54, 1.807) is 24.3 Å². The summed E-state index contributed by atoms with van der Waals surface area (Å²) in [6, 6.07) is 9.62. The van der Waals surface area contributed by atoms with Crippen LogP contribution in [0.5, 0.6) is 0 Å². The van der Waals surface area contributed by atoms with Gasteiger partial charge < -0.3 is 5.11 Å². The van der Waals surface area contributed by atoms with Crippen molar-refractivity contribution in [1.29, 1.82) is 0 Å². The molecule has 0 aliphatic heterocycles. The summed E-state index contributed by atoms with van der Waals surface area (Å²) < 4.78 is 0. The molecule has 0 unspecified atom stereocenters. The van der Waals surface area contributed by atoms with E-state index in [2.05, 4.69) is 4.98 Å². The van der Waals surface area contributed by atoms with Gasteiger partial charge in [-0.25, -0.2) is 4.79 Å². The minimum Gasteiger partial charge on any atom is -0.478 e. The molecule has 1 heterocycles. The standard InChI is InChI=1S/C15H13NO3/c1-2-11-8-7-10(9-16-11)14(17)12-5-3-4-6-13(12)15(18)19/h3-9H,2H2,1H3,(H,18,19). The van der Waals surface area contributed by atoms with Crippen molar-refractivity contribution >= 4 is 11.8 Å². The first-order chi connectivity index (χ1) is 9.13. The smallest absolute Gasteiger partial charge is 0.336 e.